The quantitative estimate of drug-likeness (QED) is 0.616. The summed E-state index contributed by atoms with van der Waals surface area (Å²) in [5, 5.41) is 5.85. The maximum atomic E-state index is 13.5. The van der Waals surface area contributed by atoms with E-state index in [9.17, 15) is 17.6 Å². The smallest absolute Gasteiger partial charge is 0.165 e. The average molecular weight is 248 g/mol. The Morgan fingerprint density at radius 3 is 2.24 bits per heavy atom. The Labute approximate surface area is 96.0 Å². The van der Waals surface area contributed by atoms with Crippen LogP contribution in [0.5, 0.6) is 0 Å². The first kappa shape index (κ1) is 12.3. The summed E-state index contributed by atoms with van der Waals surface area (Å²) >= 11 is 0. The highest BCUT2D eigenvalue weighted by Gasteiger charge is 2.31. The predicted molar refractivity (Wildman–Crippen MR) is 54.5 cm³/mol. The molecular formula is C11H12F4N2. The first-order valence-electron chi connectivity index (χ1n) is 5.28. The van der Waals surface area contributed by atoms with E-state index >= 15 is 0 Å². The van der Waals surface area contributed by atoms with Crippen LogP contribution in [0.1, 0.15) is 17.9 Å². The van der Waals surface area contributed by atoms with Gasteiger partial charge in [0.05, 0.1) is 6.17 Å². The van der Waals surface area contributed by atoms with Gasteiger partial charge >= 0.3 is 0 Å². The van der Waals surface area contributed by atoms with Gasteiger partial charge < -0.3 is 10.6 Å². The van der Waals surface area contributed by atoms with Crippen molar-refractivity contribution in [1.82, 2.24) is 10.6 Å². The molecule has 6 heteroatoms. The van der Waals surface area contributed by atoms with Crippen LogP contribution in [0.2, 0.25) is 0 Å². The maximum absolute atomic E-state index is 13.5. The molecule has 1 heterocycles. The lowest BCUT2D eigenvalue weighted by atomic mass is 9.96. The van der Waals surface area contributed by atoms with Gasteiger partial charge in [0.2, 0.25) is 0 Å². The molecule has 2 N–H and O–H groups in total. The monoisotopic (exact) mass is 248 g/mol. The van der Waals surface area contributed by atoms with E-state index in [-0.39, 0.29) is 18.8 Å². The standard InChI is InChI=1S/C11H12F4N2/c1-16-8-2-5(4-17-8)9-10(14)6(12)3-7(13)11(9)15/h3,5,8,16-17H,2,4H2,1H3/t5-,8?/m0/s1. The third kappa shape index (κ3) is 2.14. The van der Waals surface area contributed by atoms with Gasteiger partial charge in [-0.15, -0.1) is 0 Å². The van der Waals surface area contributed by atoms with Crippen LogP contribution >= 0.6 is 0 Å². The zero-order chi connectivity index (χ0) is 12.6. The van der Waals surface area contributed by atoms with Crippen molar-refractivity contribution in [2.24, 2.45) is 0 Å². The van der Waals surface area contributed by atoms with Crippen molar-refractivity contribution in [2.75, 3.05) is 13.6 Å². The van der Waals surface area contributed by atoms with Crippen LogP contribution in [0.3, 0.4) is 0 Å². The van der Waals surface area contributed by atoms with Crippen LogP contribution in [-0.4, -0.2) is 19.8 Å². The van der Waals surface area contributed by atoms with Crippen molar-refractivity contribution in [1.29, 1.82) is 0 Å². The van der Waals surface area contributed by atoms with Crippen molar-refractivity contribution < 1.29 is 17.6 Å². The number of hydrogen-bond acceptors (Lipinski definition) is 2. The summed E-state index contributed by atoms with van der Waals surface area (Å²) in [4.78, 5) is 0. The van der Waals surface area contributed by atoms with Gasteiger partial charge in [-0.3, -0.25) is 0 Å². The van der Waals surface area contributed by atoms with Crippen LogP contribution in [0, 0.1) is 23.3 Å². The normalized spacial score (nSPS) is 24.3. The molecule has 1 saturated heterocycles. The summed E-state index contributed by atoms with van der Waals surface area (Å²) in [7, 11) is 1.69. The van der Waals surface area contributed by atoms with Crippen molar-refractivity contribution in [3.05, 3.63) is 34.9 Å². The second-order valence-corrected chi connectivity index (χ2v) is 4.06. The van der Waals surface area contributed by atoms with Gasteiger partial charge in [0, 0.05) is 24.1 Å². The fourth-order valence-corrected chi connectivity index (χ4v) is 2.13. The van der Waals surface area contributed by atoms with Crippen LogP contribution in [0.15, 0.2) is 6.07 Å². The SMILES string of the molecule is CNC1C[C@H](c2c(F)c(F)cc(F)c2F)CN1. The van der Waals surface area contributed by atoms with E-state index in [0.29, 0.717) is 6.42 Å². The lowest BCUT2D eigenvalue weighted by molar-refractivity contribution is 0.426. The van der Waals surface area contributed by atoms with Gasteiger partial charge in [0.1, 0.15) is 0 Å². The molecule has 1 aliphatic heterocycles. The average Bonchev–Trinajstić information content (AvgIpc) is 2.75. The van der Waals surface area contributed by atoms with Gasteiger partial charge in [0.15, 0.2) is 23.3 Å². The largest absolute Gasteiger partial charge is 0.305 e. The zero-order valence-corrected chi connectivity index (χ0v) is 9.16. The van der Waals surface area contributed by atoms with Gasteiger partial charge in [-0.1, -0.05) is 0 Å². The fourth-order valence-electron chi connectivity index (χ4n) is 2.13. The summed E-state index contributed by atoms with van der Waals surface area (Å²) in [5.41, 5.74) is -0.507. The van der Waals surface area contributed by atoms with Crippen LogP contribution in [0.4, 0.5) is 17.6 Å². The van der Waals surface area contributed by atoms with Crippen LogP contribution in [-0.2, 0) is 0 Å². The predicted octanol–water partition coefficient (Wildman–Crippen LogP) is 1.87. The van der Waals surface area contributed by atoms with Gasteiger partial charge in [-0.05, 0) is 13.5 Å². The molecule has 1 unspecified atom stereocenters. The Balaban J connectivity index is 2.38. The highest BCUT2D eigenvalue weighted by atomic mass is 19.2. The lowest BCUT2D eigenvalue weighted by Crippen LogP contribution is -2.34. The van der Waals surface area contributed by atoms with E-state index in [0.717, 1.165) is 0 Å². The molecule has 0 aromatic heterocycles. The maximum Gasteiger partial charge on any atom is 0.165 e. The van der Waals surface area contributed by atoms with E-state index in [4.69, 9.17) is 0 Å². The van der Waals surface area contributed by atoms with E-state index in [2.05, 4.69) is 10.6 Å². The summed E-state index contributed by atoms with van der Waals surface area (Å²) in [6.45, 7) is 0.280. The van der Waals surface area contributed by atoms with Gasteiger partial charge in [-0.2, -0.15) is 0 Å². The molecule has 0 radical (unpaired) electrons. The van der Waals surface area contributed by atoms with Crippen molar-refractivity contribution in [3.8, 4) is 0 Å². The second-order valence-electron chi connectivity index (χ2n) is 4.06. The molecule has 2 atom stereocenters. The minimum Gasteiger partial charge on any atom is -0.305 e. The van der Waals surface area contributed by atoms with Crippen molar-refractivity contribution in [2.45, 2.75) is 18.5 Å². The van der Waals surface area contributed by atoms with Crippen LogP contribution < -0.4 is 10.6 Å². The van der Waals surface area contributed by atoms with E-state index < -0.39 is 34.8 Å². The summed E-state index contributed by atoms with van der Waals surface area (Å²) in [6, 6.07) is 0.228. The molecule has 0 spiro atoms. The molecule has 0 amide bonds. The summed E-state index contributed by atoms with van der Waals surface area (Å²) in [6.07, 6.45) is 0.276. The molecule has 1 aromatic rings. The molecule has 0 aliphatic carbocycles. The van der Waals surface area contributed by atoms with Crippen LogP contribution in [0.25, 0.3) is 0 Å². The third-order valence-electron chi connectivity index (χ3n) is 3.03. The fraction of sp³-hybridized carbons (Fsp3) is 0.455. The second kappa shape index (κ2) is 4.62. The number of halogens is 4. The first-order chi connectivity index (χ1) is 8.04. The Bertz CT molecular complexity index is 410. The molecular weight excluding hydrogens is 236 g/mol. The molecule has 17 heavy (non-hydrogen) atoms. The van der Waals surface area contributed by atoms with E-state index in [1.807, 2.05) is 0 Å². The molecule has 1 fully saturated rings. The first-order valence-corrected chi connectivity index (χ1v) is 5.28. The van der Waals surface area contributed by atoms with Crippen molar-refractivity contribution in [3.63, 3.8) is 0 Å². The lowest BCUT2D eigenvalue weighted by Gasteiger charge is -2.13. The van der Waals surface area contributed by atoms with Crippen molar-refractivity contribution >= 4 is 0 Å². The number of hydrogen-bond donors (Lipinski definition) is 2. The Morgan fingerprint density at radius 1 is 1.18 bits per heavy atom. The zero-order valence-electron chi connectivity index (χ0n) is 9.16. The highest BCUT2D eigenvalue weighted by molar-refractivity contribution is 5.27. The van der Waals surface area contributed by atoms with Gasteiger partial charge in [-0.25, -0.2) is 17.6 Å². The minimum atomic E-state index is -1.35. The molecule has 2 rings (SSSR count). The van der Waals surface area contributed by atoms with Gasteiger partial charge in [0.25, 0.3) is 0 Å². The molecule has 1 aromatic carbocycles. The Hall–Kier alpha value is -1.14. The molecule has 0 bridgehead atoms. The number of benzene rings is 1. The third-order valence-corrected chi connectivity index (χ3v) is 3.03. The minimum absolute atomic E-state index is 0.106. The Morgan fingerprint density at radius 2 is 1.76 bits per heavy atom. The number of rotatable bonds is 2. The molecule has 2 nitrogen and oxygen atoms in total. The highest BCUT2D eigenvalue weighted by Crippen LogP contribution is 2.31. The number of nitrogens with one attached hydrogen (secondary N) is 2. The topological polar surface area (TPSA) is 24.1 Å². The Kier molecular flexibility index (Phi) is 3.35. The summed E-state index contributed by atoms with van der Waals surface area (Å²) in [5.74, 6) is -5.88. The molecule has 94 valence electrons. The molecule has 0 saturated carbocycles. The molecule has 1 aliphatic rings. The van der Waals surface area contributed by atoms with E-state index in [1.54, 1.807) is 7.05 Å². The van der Waals surface area contributed by atoms with E-state index in [1.165, 1.54) is 0 Å². The summed E-state index contributed by atoms with van der Waals surface area (Å²) < 4.78 is 53.1.